The number of benzene rings is 1. The van der Waals surface area contributed by atoms with Crippen LogP contribution in [0.15, 0.2) is 29.2 Å². The van der Waals surface area contributed by atoms with Crippen molar-refractivity contribution in [2.24, 2.45) is 17.8 Å². The Bertz CT molecular complexity index is 1750. The zero-order valence-corrected chi connectivity index (χ0v) is 38.8. The molecule has 2 amide bonds. The summed E-state index contributed by atoms with van der Waals surface area (Å²) in [5.41, 5.74) is -3.69. The molecule has 0 radical (unpaired) electrons. The summed E-state index contributed by atoms with van der Waals surface area (Å²) in [6, 6.07) is 5.52. The van der Waals surface area contributed by atoms with Crippen molar-refractivity contribution in [3.05, 3.63) is 29.3 Å². The molecule has 2 aliphatic rings. The number of carbonyl (C=O) groups excluding carboxylic acids is 2. The number of nitriles is 1. The van der Waals surface area contributed by atoms with Gasteiger partial charge in [0.15, 0.2) is 6.29 Å². The molecular weight excluding hydrogens is 834 g/mol. The molecule has 0 aliphatic carbocycles. The number of cyclic esters (lactones) is 1. The van der Waals surface area contributed by atoms with E-state index in [2.05, 4.69) is 0 Å². The van der Waals surface area contributed by atoms with E-state index in [-0.39, 0.29) is 79.8 Å². The van der Waals surface area contributed by atoms with E-state index in [1.807, 2.05) is 48.5 Å². The minimum absolute atomic E-state index is 0.0121. The fourth-order valence-corrected chi connectivity index (χ4v) is 10.3. The lowest BCUT2D eigenvalue weighted by Crippen LogP contribution is -2.59. The van der Waals surface area contributed by atoms with E-state index in [1.54, 1.807) is 33.8 Å². The predicted octanol–water partition coefficient (Wildman–Crippen LogP) is 2.70. The van der Waals surface area contributed by atoms with Crippen molar-refractivity contribution in [1.82, 2.24) is 19.4 Å². The van der Waals surface area contributed by atoms with Crippen LogP contribution >= 0.6 is 11.6 Å². The van der Waals surface area contributed by atoms with Crippen LogP contribution in [-0.2, 0) is 29.0 Å². The molecule has 6 N–H and O–H groups in total. The van der Waals surface area contributed by atoms with Gasteiger partial charge in [-0.05, 0) is 92.4 Å². The third-order valence-electron chi connectivity index (χ3n) is 12.3. The Morgan fingerprint density at radius 1 is 1.08 bits per heavy atom. The topological polar surface area (TPSA) is 243 Å². The second-order valence-corrected chi connectivity index (χ2v) is 19.8. The number of nitrogens with zero attached hydrogens (tertiary/aromatic N) is 4. The van der Waals surface area contributed by atoms with Crippen LogP contribution in [0.1, 0.15) is 87.5 Å². The monoisotopic (exact) mass is 903 g/mol. The van der Waals surface area contributed by atoms with Crippen molar-refractivity contribution in [3.63, 3.8) is 0 Å². The first-order chi connectivity index (χ1) is 28.3. The predicted molar refractivity (Wildman–Crippen MR) is 227 cm³/mol. The smallest absolute Gasteiger partial charge is 0.331 e. The first kappa shape index (κ1) is 52.7. The molecule has 61 heavy (non-hydrogen) atoms. The van der Waals surface area contributed by atoms with Gasteiger partial charge in [-0.3, -0.25) is 9.69 Å². The highest BCUT2D eigenvalue weighted by molar-refractivity contribution is 7.90. The quantitative estimate of drug-likeness (QED) is 0.165. The lowest BCUT2D eigenvalue weighted by molar-refractivity contribution is -0.299. The Morgan fingerprint density at radius 3 is 2.31 bits per heavy atom. The highest BCUT2D eigenvalue weighted by atomic mass is 35.5. The summed E-state index contributed by atoms with van der Waals surface area (Å²) in [6.07, 6.45) is -7.10. The number of halogens is 1. The summed E-state index contributed by atoms with van der Waals surface area (Å²) in [4.78, 5) is 31.7. The number of ether oxygens (including phenoxy) is 3. The molecule has 2 saturated heterocycles. The minimum atomic E-state index is -4.37. The Hall–Kier alpha value is -2.67. The number of likely N-dealkylation sites (N-methyl/N-ethyl adjacent to an activating group) is 1. The summed E-state index contributed by atoms with van der Waals surface area (Å²) in [5, 5.41) is 68.5. The molecule has 0 spiro atoms. The summed E-state index contributed by atoms with van der Waals surface area (Å²) < 4.78 is 46.7. The van der Waals surface area contributed by atoms with Crippen LogP contribution in [0.4, 0.5) is 4.79 Å². The summed E-state index contributed by atoms with van der Waals surface area (Å²) in [5.74, 6) is -3.29. The number of hydrogen-bond donors (Lipinski definition) is 6. The lowest BCUT2D eigenvalue weighted by atomic mass is 9.78. The first-order valence-electron chi connectivity index (χ1n) is 21.1. The zero-order valence-electron chi connectivity index (χ0n) is 37.3. The van der Waals surface area contributed by atoms with Gasteiger partial charge >= 0.3 is 12.0 Å². The zero-order chi connectivity index (χ0) is 46.2. The third-order valence-corrected chi connectivity index (χ3v) is 14.1. The Morgan fingerprint density at radius 2 is 1.72 bits per heavy atom. The van der Waals surface area contributed by atoms with Crippen LogP contribution < -0.4 is 4.72 Å². The van der Waals surface area contributed by atoms with E-state index in [1.165, 1.54) is 36.9 Å². The summed E-state index contributed by atoms with van der Waals surface area (Å²) >= 11 is 6.11. The van der Waals surface area contributed by atoms with E-state index in [4.69, 9.17) is 25.8 Å². The van der Waals surface area contributed by atoms with Gasteiger partial charge < -0.3 is 49.5 Å². The fourth-order valence-electron chi connectivity index (χ4n) is 8.76. The van der Waals surface area contributed by atoms with Gasteiger partial charge in [-0.25, -0.2) is 17.9 Å². The molecule has 2 fully saturated rings. The van der Waals surface area contributed by atoms with Crippen molar-refractivity contribution < 1.29 is 57.8 Å². The van der Waals surface area contributed by atoms with Crippen molar-refractivity contribution >= 4 is 33.6 Å². The Labute approximate surface area is 366 Å². The highest BCUT2D eigenvalue weighted by Crippen LogP contribution is 2.37. The number of sulfonamides is 1. The number of urea groups is 1. The number of hydrogen-bond acceptors (Lipinski definition) is 15. The molecule has 2 heterocycles. The van der Waals surface area contributed by atoms with Crippen LogP contribution in [0, 0.1) is 29.1 Å². The molecule has 1 aromatic rings. The van der Waals surface area contributed by atoms with Gasteiger partial charge in [0, 0.05) is 44.2 Å². The molecule has 0 aromatic heterocycles. The SMILES string of the molecule is CC[C@H]1OC(=O)[C@@H](C)[C@@H](O)[C@@H](C)[C@@H](O[C@H]2O[C@@H](C)C[C@H](N(C)C)[C@@H]2O)[C@](C)(O)C[C@@H](C)CN(CCCN(CCC#N)C(=O)NS(=O)(=O)c2ccccc2Cl)[C@H](C)[C@@H](O)[C@]1(C)O. The molecule has 0 saturated carbocycles. The molecular formula is C42H70ClN5O12S. The van der Waals surface area contributed by atoms with Crippen molar-refractivity contribution in [1.29, 1.82) is 5.26 Å². The number of amides is 2. The maximum atomic E-state index is 13.7. The molecule has 17 nitrogen and oxygen atoms in total. The van der Waals surface area contributed by atoms with Gasteiger partial charge in [-0.15, -0.1) is 0 Å². The van der Waals surface area contributed by atoms with Gasteiger partial charge in [-0.2, -0.15) is 5.26 Å². The standard InChI is InChI=1S/C42H70ClN5O12S/c1-11-33-42(8,55)36(51)29(6)48(21-15-20-47(19-14-18-44)40(53)45-61(56,57)32-17-13-12-16-30(32)43)24-25(2)23-41(7,54)37(27(4)34(49)28(5)38(52)59-33)60-39-35(50)31(46(9)10)22-26(3)58-39/h12-13,16-17,25-29,31,33-37,39,49-51,54-55H,11,14-15,19-24H2,1-10H3,(H,45,53)/t25-,26+,27-,28+,29-,31+,33-,34+,35+,36-,37-,39-,41-,42-/m1/s1. The molecule has 348 valence electrons. The number of nitrogens with one attached hydrogen (secondary N) is 1. The van der Waals surface area contributed by atoms with Crippen molar-refractivity contribution in [2.45, 2.75) is 159 Å². The lowest BCUT2D eigenvalue weighted by Gasteiger charge is -2.46. The highest BCUT2D eigenvalue weighted by Gasteiger charge is 2.50. The molecule has 3 rings (SSSR count). The number of aliphatic hydroxyl groups is 5. The normalized spacial score (nSPS) is 36.3. The van der Waals surface area contributed by atoms with Crippen LogP contribution in [0.5, 0.6) is 0 Å². The molecule has 19 heteroatoms. The second kappa shape index (κ2) is 22.3. The maximum Gasteiger partial charge on any atom is 0.331 e. The van der Waals surface area contributed by atoms with Crippen LogP contribution in [-0.4, -0.2) is 167 Å². The summed E-state index contributed by atoms with van der Waals surface area (Å²) in [7, 11) is -0.702. The van der Waals surface area contributed by atoms with E-state index in [0.29, 0.717) is 6.42 Å². The molecule has 14 atom stereocenters. The summed E-state index contributed by atoms with van der Waals surface area (Å²) in [6.45, 7) is 13.5. The van der Waals surface area contributed by atoms with Crippen LogP contribution in [0.3, 0.4) is 0 Å². The average molecular weight is 905 g/mol. The number of rotatable bonds is 12. The van der Waals surface area contributed by atoms with Crippen molar-refractivity contribution in [3.8, 4) is 6.07 Å². The van der Waals surface area contributed by atoms with E-state index < -0.39 is 87.9 Å². The second-order valence-electron chi connectivity index (χ2n) is 17.8. The van der Waals surface area contributed by atoms with E-state index >= 15 is 0 Å². The van der Waals surface area contributed by atoms with Crippen LogP contribution in [0.25, 0.3) is 0 Å². The van der Waals surface area contributed by atoms with E-state index in [0.717, 1.165) is 0 Å². The average Bonchev–Trinajstić information content (AvgIpc) is 3.18. The number of carbonyl (C=O) groups is 2. The van der Waals surface area contributed by atoms with E-state index in [9.17, 15) is 48.8 Å². The Balaban J connectivity index is 2.00. The molecule has 1 aromatic carbocycles. The molecule has 0 bridgehead atoms. The van der Waals surface area contributed by atoms with Crippen molar-refractivity contribution in [2.75, 3.05) is 40.3 Å². The van der Waals surface area contributed by atoms with Crippen LogP contribution in [0.2, 0.25) is 5.02 Å². The van der Waals surface area contributed by atoms with Gasteiger partial charge in [0.2, 0.25) is 0 Å². The first-order valence-corrected chi connectivity index (χ1v) is 23.0. The fraction of sp³-hybridized carbons (Fsp3) is 0.786. The van der Waals surface area contributed by atoms with Gasteiger partial charge in [-0.1, -0.05) is 44.5 Å². The third kappa shape index (κ3) is 13.4. The molecule has 0 unspecified atom stereocenters. The van der Waals surface area contributed by atoms with Gasteiger partial charge in [0.1, 0.15) is 28.8 Å². The largest absolute Gasteiger partial charge is 0.459 e. The maximum absolute atomic E-state index is 13.7. The number of esters is 1. The minimum Gasteiger partial charge on any atom is -0.459 e. The molecule has 2 aliphatic heterocycles. The van der Waals surface area contributed by atoms with Gasteiger partial charge in [0.05, 0.1) is 47.3 Å². The Kier molecular flexibility index (Phi) is 19.3. The van der Waals surface area contributed by atoms with Gasteiger partial charge in [0.25, 0.3) is 10.0 Å². The number of aliphatic hydroxyl groups excluding tert-OH is 3.